The summed E-state index contributed by atoms with van der Waals surface area (Å²) in [5.41, 5.74) is 1.76. The quantitative estimate of drug-likeness (QED) is 0.556. The summed E-state index contributed by atoms with van der Waals surface area (Å²) in [5, 5.41) is 0.474. The first-order valence-electron chi connectivity index (χ1n) is 9.33. The maximum absolute atomic E-state index is 13.1. The van der Waals surface area contributed by atoms with Crippen LogP contribution in [-0.2, 0) is 16.4 Å². The van der Waals surface area contributed by atoms with E-state index in [1.54, 1.807) is 6.07 Å². The summed E-state index contributed by atoms with van der Waals surface area (Å²) in [6.45, 7) is 0.943. The molecule has 0 saturated carbocycles. The highest BCUT2D eigenvalue weighted by molar-refractivity contribution is 7.89. The Balaban J connectivity index is 1.69. The first-order valence-corrected chi connectivity index (χ1v) is 11.6. The van der Waals surface area contributed by atoms with E-state index < -0.39 is 16.1 Å². The van der Waals surface area contributed by atoms with Crippen molar-refractivity contribution in [2.75, 3.05) is 13.2 Å². The van der Waals surface area contributed by atoms with Crippen LogP contribution >= 0.6 is 23.2 Å². The lowest BCUT2D eigenvalue weighted by Crippen LogP contribution is -2.30. The molecule has 0 aromatic heterocycles. The van der Waals surface area contributed by atoms with Crippen LogP contribution in [0.4, 0.5) is 0 Å². The fourth-order valence-corrected chi connectivity index (χ4v) is 4.87. The van der Waals surface area contributed by atoms with Crippen LogP contribution in [0.15, 0.2) is 71.6 Å². The van der Waals surface area contributed by atoms with Gasteiger partial charge in [0.1, 0.15) is 13.2 Å². The lowest BCUT2D eigenvalue weighted by Gasteiger charge is -2.23. The molecule has 30 heavy (non-hydrogen) atoms. The average Bonchev–Trinajstić information content (AvgIpc) is 2.75. The van der Waals surface area contributed by atoms with E-state index in [4.69, 9.17) is 32.7 Å². The first-order chi connectivity index (χ1) is 14.4. The summed E-state index contributed by atoms with van der Waals surface area (Å²) >= 11 is 12.0. The largest absolute Gasteiger partial charge is 0.486 e. The summed E-state index contributed by atoms with van der Waals surface area (Å²) in [7, 11) is -3.85. The van der Waals surface area contributed by atoms with Crippen LogP contribution in [0.2, 0.25) is 10.0 Å². The van der Waals surface area contributed by atoms with Crippen LogP contribution in [0.5, 0.6) is 11.5 Å². The molecular formula is C22H19Cl2NO4S. The predicted octanol–water partition coefficient (Wildman–Crippen LogP) is 5.03. The van der Waals surface area contributed by atoms with Crippen molar-refractivity contribution < 1.29 is 17.9 Å². The van der Waals surface area contributed by atoms with Crippen molar-refractivity contribution in [3.8, 4) is 11.5 Å². The molecule has 0 amide bonds. The molecule has 0 bridgehead atoms. The number of fused-ring (bicyclic) bond motifs is 1. The van der Waals surface area contributed by atoms with Crippen molar-refractivity contribution in [1.29, 1.82) is 0 Å². The average molecular weight is 464 g/mol. The number of benzene rings is 3. The summed E-state index contributed by atoms with van der Waals surface area (Å²) in [5.74, 6) is 1.25. The van der Waals surface area contributed by atoms with E-state index >= 15 is 0 Å². The van der Waals surface area contributed by atoms with Gasteiger partial charge in [-0.15, -0.1) is 0 Å². The Morgan fingerprint density at radius 3 is 2.33 bits per heavy atom. The molecule has 1 heterocycles. The van der Waals surface area contributed by atoms with E-state index in [0.717, 1.165) is 11.1 Å². The summed E-state index contributed by atoms with van der Waals surface area (Å²) < 4.78 is 40.2. The van der Waals surface area contributed by atoms with Gasteiger partial charge in [-0.2, -0.15) is 0 Å². The maximum Gasteiger partial charge on any atom is 0.241 e. The molecule has 1 atom stereocenters. The van der Waals surface area contributed by atoms with Gasteiger partial charge in [0, 0.05) is 0 Å². The molecule has 0 fully saturated rings. The van der Waals surface area contributed by atoms with Crippen molar-refractivity contribution in [3.05, 3.63) is 87.9 Å². The van der Waals surface area contributed by atoms with E-state index in [1.807, 2.05) is 42.5 Å². The molecule has 0 spiro atoms. The molecule has 3 aromatic rings. The third kappa shape index (κ3) is 4.73. The zero-order valence-electron chi connectivity index (χ0n) is 15.8. The topological polar surface area (TPSA) is 64.6 Å². The highest BCUT2D eigenvalue weighted by Gasteiger charge is 2.24. The molecule has 0 aliphatic carbocycles. The minimum atomic E-state index is -3.85. The van der Waals surface area contributed by atoms with E-state index in [2.05, 4.69) is 4.72 Å². The second-order valence-corrected chi connectivity index (χ2v) is 9.37. The lowest BCUT2D eigenvalue weighted by molar-refractivity contribution is 0.171. The number of hydrogen-bond donors (Lipinski definition) is 1. The summed E-state index contributed by atoms with van der Waals surface area (Å²) in [6.07, 6.45) is 0.459. The first kappa shape index (κ1) is 21.0. The van der Waals surface area contributed by atoms with E-state index in [-0.39, 0.29) is 9.92 Å². The molecule has 1 unspecified atom stereocenters. The van der Waals surface area contributed by atoms with Crippen LogP contribution in [0.1, 0.15) is 17.2 Å². The number of halogens is 2. The molecular weight excluding hydrogens is 445 g/mol. The Hall–Kier alpha value is -2.25. The minimum Gasteiger partial charge on any atom is -0.486 e. The van der Waals surface area contributed by atoms with Crippen molar-refractivity contribution in [2.45, 2.75) is 17.4 Å². The van der Waals surface area contributed by atoms with E-state index in [1.165, 1.54) is 18.2 Å². The number of sulfonamides is 1. The molecule has 4 rings (SSSR count). The predicted molar refractivity (Wildman–Crippen MR) is 117 cm³/mol. The smallest absolute Gasteiger partial charge is 0.241 e. The maximum atomic E-state index is 13.1. The van der Waals surface area contributed by atoms with Gasteiger partial charge in [0.25, 0.3) is 0 Å². The Labute approximate surface area is 185 Å². The number of hydrogen-bond acceptors (Lipinski definition) is 4. The second-order valence-electron chi connectivity index (χ2n) is 6.84. The molecule has 156 valence electrons. The minimum absolute atomic E-state index is 0.0486. The van der Waals surface area contributed by atoms with Crippen molar-refractivity contribution in [2.24, 2.45) is 0 Å². The molecule has 5 nitrogen and oxygen atoms in total. The SMILES string of the molecule is O=S(=O)(NC(Cc1ccccc1)c1ccc2c(c1)OCCO2)c1ccc(Cl)c(Cl)c1. The van der Waals surface area contributed by atoms with Gasteiger partial charge in [-0.05, 0) is 47.9 Å². The van der Waals surface area contributed by atoms with Crippen molar-refractivity contribution in [1.82, 2.24) is 4.72 Å². The normalized spacial score (nSPS) is 14.3. The van der Waals surface area contributed by atoms with Crippen LogP contribution in [0.3, 0.4) is 0 Å². The van der Waals surface area contributed by atoms with E-state index in [9.17, 15) is 8.42 Å². The van der Waals surface area contributed by atoms with Crippen LogP contribution in [-0.4, -0.2) is 21.6 Å². The van der Waals surface area contributed by atoms with Gasteiger partial charge in [-0.1, -0.05) is 59.6 Å². The van der Waals surface area contributed by atoms with E-state index in [0.29, 0.717) is 36.2 Å². The van der Waals surface area contributed by atoms with Gasteiger partial charge in [0.15, 0.2) is 11.5 Å². The third-order valence-corrected chi connectivity index (χ3v) is 6.96. The molecule has 0 radical (unpaired) electrons. The lowest BCUT2D eigenvalue weighted by atomic mass is 9.99. The number of rotatable bonds is 6. The molecule has 1 aliphatic heterocycles. The molecule has 1 aliphatic rings. The van der Waals surface area contributed by atoms with Gasteiger partial charge in [-0.25, -0.2) is 13.1 Å². The fourth-order valence-electron chi connectivity index (χ4n) is 3.25. The summed E-state index contributed by atoms with van der Waals surface area (Å²) in [6, 6.07) is 18.9. The van der Waals surface area contributed by atoms with Gasteiger partial charge in [-0.3, -0.25) is 0 Å². The highest BCUT2D eigenvalue weighted by Crippen LogP contribution is 2.34. The van der Waals surface area contributed by atoms with Crippen LogP contribution in [0, 0.1) is 0 Å². The molecule has 3 aromatic carbocycles. The monoisotopic (exact) mass is 463 g/mol. The van der Waals surface area contributed by atoms with Crippen molar-refractivity contribution in [3.63, 3.8) is 0 Å². The zero-order chi connectivity index (χ0) is 21.1. The molecule has 8 heteroatoms. The Morgan fingerprint density at radius 2 is 1.60 bits per heavy atom. The van der Waals surface area contributed by atoms with Gasteiger partial charge in [0.05, 0.1) is 21.0 Å². The Morgan fingerprint density at radius 1 is 0.867 bits per heavy atom. The number of ether oxygens (including phenoxy) is 2. The van der Waals surface area contributed by atoms with Gasteiger partial charge < -0.3 is 9.47 Å². The number of nitrogens with one attached hydrogen (secondary N) is 1. The molecule has 1 N–H and O–H groups in total. The highest BCUT2D eigenvalue weighted by atomic mass is 35.5. The van der Waals surface area contributed by atoms with Crippen molar-refractivity contribution >= 4 is 33.2 Å². The summed E-state index contributed by atoms with van der Waals surface area (Å²) in [4.78, 5) is 0.0486. The Kier molecular flexibility index (Phi) is 6.20. The second kappa shape index (κ2) is 8.86. The van der Waals surface area contributed by atoms with Gasteiger partial charge in [0.2, 0.25) is 10.0 Å². The fraction of sp³-hybridized carbons (Fsp3) is 0.182. The Bertz CT molecular complexity index is 1150. The third-order valence-electron chi connectivity index (χ3n) is 4.75. The van der Waals surface area contributed by atoms with Crippen LogP contribution < -0.4 is 14.2 Å². The molecule has 0 saturated heterocycles. The van der Waals surface area contributed by atoms with Crippen LogP contribution in [0.25, 0.3) is 0 Å². The zero-order valence-corrected chi connectivity index (χ0v) is 18.2. The standard InChI is InChI=1S/C22H19Cl2NO4S/c23-18-8-7-17(14-19(18)24)30(26,27)25-20(12-15-4-2-1-3-5-15)16-6-9-21-22(13-16)29-11-10-28-21/h1-9,13-14,20,25H,10-12H2. The van der Waals surface area contributed by atoms with Gasteiger partial charge >= 0.3 is 0 Å².